The van der Waals surface area contributed by atoms with Crippen LogP contribution >= 0.6 is 0 Å². The Hall–Kier alpha value is 0.501. The Balaban J connectivity index is -0.00000121. The second-order valence-electron chi connectivity index (χ2n) is 6.89. The average molecular weight is 452 g/mol. The number of unbranched alkanes of at least 4 members (excludes halogenated alkanes) is 1. The van der Waals surface area contributed by atoms with Gasteiger partial charge in [-0.05, 0) is 13.8 Å². The molecule has 25 heavy (non-hydrogen) atoms. The molecule has 0 heterocycles. The van der Waals surface area contributed by atoms with Crippen LogP contribution in [0.2, 0.25) is 12.6 Å². The molecule has 2 rings (SSSR count). The maximum absolute atomic E-state index is 3.58. The number of rotatable bonds is 5. The van der Waals surface area contributed by atoms with E-state index in [0.717, 1.165) is 6.42 Å². The summed E-state index contributed by atoms with van der Waals surface area (Å²) in [6.45, 7) is 13.9. The predicted octanol–water partition coefficient (Wildman–Crippen LogP) is -3.59. The van der Waals surface area contributed by atoms with E-state index in [2.05, 4.69) is 65.4 Å². The van der Waals surface area contributed by atoms with Crippen molar-refractivity contribution in [2.45, 2.75) is 66.5 Å². The summed E-state index contributed by atoms with van der Waals surface area (Å²) in [6, 6.07) is 8.56. The molecule has 138 valence electrons. The minimum atomic E-state index is -1.58. The van der Waals surface area contributed by atoms with Gasteiger partial charge in [0.05, 0.1) is 8.07 Å². The molecule has 0 saturated heterocycles. The van der Waals surface area contributed by atoms with Crippen LogP contribution in [0.1, 0.15) is 51.2 Å². The standard InChI is InChI=1S/C20H29Si.3ClH.Ti/c1-7-8-11-21(6,20-10-9-17(4)18(20)5)19-13-15(2)12-16(3)14-19;;;;/h12-14H,7-8,10-11H2,1-6H3;3*1H;/q-1;;;;+4/p-3. The largest absolute Gasteiger partial charge is 4.00 e. The number of allylic oxidation sites excluding steroid dienone is 4. The van der Waals surface area contributed by atoms with Crippen LogP contribution in [-0.2, 0) is 21.7 Å². The van der Waals surface area contributed by atoms with Crippen LogP contribution in [0.15, 0.2) is 34.5 Å². The van der Waals surface area contributed by atoms with Crippen molar-refractivity contribution >= 4 is 13.3 Å². The Morgan fingerprint density at radius 1 is 0.960 bits per heavy atom. The summed E-state index contributed by atoms with van der Waals surface area (Å²) in [6.07, 6.45) is 7.27. The van der Waals surface area contributed by atoms with Gasteiger partial charge in [0.1, 0.15) is 0 Å². The van der Waals surface area contributed by atoms with E-state index in [0.29, 0.717) is 0 Å². The molecule has 1 aliphatic rings. The minimum Gasteiger partial charge on any atom is -1.00 e. The monoisotopic (exact) mass is 450 g/mol. The third-order valence-corrected chi connectivity index (χ3v) is 9.90. The fourth-order valence-electron chi connectivity index (χ4n) is 3.61. The van der Waals surface area contributed by atoms with Gasteiger partial charge in [-0.25, -0.2) is 11.1 Å². The second-order valence-corrected chi connectivity index (χ2v) is 11.2. The first-order valence-corrected chi connectivity index (χ1v) is 11.0. The van der Waals surface area contributed by atoms with E-state index in [1.165, 1.54) is 41.2 Å². The van der Waals surface area contributed by atoms with Crippen LogP contribution in [-0.4, -0.2) is 8.07 Å². The molecule has 0 radical (unpaired) electrons. The van der Waals surface area contributed by atoms with Crippen molar-refractivity contribution < 1.29 is 58.9 Å². The molecule has 0 fully saturated rings. The molecule has 0 N–H and O–H groups in total. The molecule has 0 aromatic heterocycles. The fraction of sp³-hybridized carbons (Fsp3) is 0.500. The first-order chi connectivity index (χ1) is 9.88. The maximum atomic E-state index is 3.58. The fourth-order valence-corrected chi connectivity index (χ4v) is 8.20. The van der Waals surface area contributed by atoms with E-state index in [-0.39, 0.29) is 58.9 Å². The van der Waals surface area contributed by atoms with E-state index in [1.807, 2.05) is 0 Å². The topological polar surface area (TPSA) is 0 Å². The number of hydrogen-bond acceptors (Lipinski definition) is 0. The summed E-state index contributed by atoms with van der Waals surface area (Å²) >= 11 is 0. The summed E-state index contributed by atoms with van der Waals surface area (Å²) < 4.78 is 0. The van der Waals surface area contributed by atoms with Gasteiger partial charge in [-0.1, -0.05) is 73.8 Å². The molecule has 0 amide bonds. The number of aryl methyl sites for hydroxylation is 2. The average Bonchev–Trinajstić information content (AvgIpc) is 2.76. The van der Waals surface area contributed by atoms with Gasteiger partial charge in [-0.15, -0.1) is 13.3 Å². The molecule has 0 bridgehead atoms. The molecule has 1 unspecified atom stereocenters. The van der Waals surface area contributed by atoms with E-state index in [9.17, 15) is 0 Å². The molecule has 0 aliphatic heterocycles. The summed E-state index contributed by atoms with van der Waals surface area (Å²) in [7, 11) is -1.58. The van der Waals surface area contributed by atoms with Gasteiger partial charge in [0.2, 0.25) is 0 Å². The van der Waals surface area contributed by atoms with E-state index < -0.39 is 8.07 Å². The van der Waals surface area contributed by atoms with Crippen molar-refractivity contribution in [3.05, 3.63) is 51.7 Å². The molecule has 5 heteroatoms. The van der Waals surface area contributed by atoms with Crippen molar-refractivity contribution in [1.82, 2.24) is 0 Å². The Labute approximate surface area is 189 Å². The van der Waals surface area contributed by atoms with Crippen molar-refractivity contribution in [3.63, 3.8) is 0 Å². The zero-order valence-electron chi connectivity index (χ0n) is 16.2. The summed E-state index contributed by atoms with van der Waals surface area (Å²) in [5, 5.41) is 3.35. The van der Waals surface area contributed by atoms with Crippen LogP contribution in [0.4, 0.5) is 0 Å². The van der Waals surface area contributed by atoms with Gasteiger partial charge in [-0.2, -0.15) is 5.20 Å². The van der Waals surface area contributed by atoms with E-state index in [1.54, 1.807) is 10.4 Å². The van der Waals surface area contributed by atoms with Gasteiger partial charge in [0.25, 0.3) is 0 Å². The van der Waals surface area contributed by atoms with E-state index in [4.69, 9.17) is 0 Å². The summed E-state index contributed by atoms with van der Waals surface area (Å²) in [4.78, 5) is 0. The van der Waals surface area contributed by atoms with Crippen LogP contribution < -0.4 is 42.4 Å². The normalized spacial score (nSPS) is 15.0. The number of halogens is 3. The minimum absolute atomic E-state index is 0. The molecule has 1 aromatic rings. The Kier molecular flexibility index (Phi) is 15.5. The van der Waals surface area contributed by atoms with Crippen LogP contribution in [0.25, 0.3) is 0 Å². The predicted molar refractivity (Wildman–Crippen MR) is 96.6 cm³/mol. The molecule has 1 atom stereocenters. The molecule has 1 aliphatic carbocycles. The third-order valence-electron chi connectivity index (χ3n) is 5.10. The molecule has 0 saturated carbocycles. The van der Waals surface area contributed by atoms with Gasteiger partial charge in [0, 0.05) is 0 Å². The SMILES string of the molecule is CCCC[Si](C)(C1=C(C)C(C)=[C-]C1)c1cc(C)cc(C)c1.[Cl-].[Cl-].[Cl-].[Ti+4]. The Bertz CT molecular complexity index is 591. The van der Waals surface area contributed by atoms with Crippen molar-refractivity contribution in [1.29, 1.82) is 0 Å². The van der Waals surface area contributed by atoms with Crippen molar-refractivity contribution in [2.24, 2.45) is 0 Å². The molecule has 0 spiro atoms. The zero-order chi connectivity index (χ0) is 15.6. The first kappa shape index (κ1) is 30.2. The molecular formula is C20H29Cl3SiTi. The second kappa shape index (κ2) is 12.8. The molecule has 1 aromatic carbocycles. The smallest absolute Gasteiger partial charge is 1.00 e. The van der Waals surface area contributed by atoms with Crippen molar-refractivity contribution in [2.75, 3.05) is 0 Å². The zero-order valence-corrected chi connectivity index (χ0v) is 21.0. The van der Waals surface area contributed by atoms with Crippen molar-refractivity contribution in [3.8, 4) is 0 Å². The van der Waals surface area contributed by atoms with Gasteiger partial charge >= 0.3 is 21.7 Å². The summed E-state index contributed by atoms with van der Waals surface area (Å²) in [5.74, 6) is 0. The molecule has 0 nitrogen and oxygen atoms in total. The Morgan fingerprint density at radius 2 is 1.48 bits per heavy atom. The first-order valence-electron chi connectivity index (χ1n) is 8.25. The molecular weight excluding hydrogens is 423 g/mol. The van der Waals surface area contributed by atoms with Gasteiger partial charge in [0.15, 0.2) is 0 Å². The van der Waals surface area contributed by atoms with Gasteiger partial charge in [-0.3, -0.25) is 6.08 Å². The van der Waals surface area contributed by atoms with Crippen LogP contribution in [0, 0.1) is 19.9 Å². The van der Waals surface area contributed by atoms with Crippen LogP contribution in [0.5, 0.6) is 0 Å². The summed E-state index contributed by atoms with van der Waals surface area (Å²) in [5.41, 5.74) is 5.72. The van der Waals surface area contributed by atoms with Crippen LogP contribution in [0.3, 0.4) is 0 Å². The number of benzene rings is 1. The van der Waals surface area contributed by atoms with E-state index >= 15 is 0 Å². The quantitative estimate of drug-likeness (QED) is 0.321. The maximum Gasteiger partial charge on any atom is 4.00 e. The van der Waals surface area contributed by atoms with Gasteiger partial charge < -0.3 is 37.2 Å². The third kappa shape index (κ3) is 6.87. The Morgan fingerprint density at radius 3 is 1.88 bits per heavy atom. The number of hydrogen-bond donors (Lipinski definition) is 0.